The predicted molar refractivity (Wildman–Crippen MR) is 45.4 cm³/mol. The lowest BCUT2D eigenvalue weighted by atomic mass is 9.96. The molecule has 4 heteroatoms. The van der Waals surface area contributed by atoms with Gasteiger partial charge in [0.15, 0.2) is 5.54 Å². The highest BCUT2D eigenvalue weighted by Gasteiger charge is 2.36. The van der Waals surface area contributed by atoms with Gasteiger partial charge in [0.25, 0.3) is 5.91 Å². The Bertz CT molecular complexity index is 257. The highest BCUT2D eigenvalue weighted by atomic mass is 16.1. The maximum Gasteiger partial charge on any atom is 0.251 e. The van der Waals surface area contributed by atoms with Crippen molar-refractivity contribution in [3.8, 4) is 0 Å². The first-order chi connectivity index (χ1) is 5.64. The third-order valence-corrected chi connectivity index (χ3v) is 2.09. The lowest BCUT2D eigenvalue weighted by Gasteiger charge is -2.14. The monoisotopic (exact) mass is 167 g/mol. The number of carbonyl (C=O) groups excluding carboxylic acids is 1. The molecule has 66 valence electrons. The first-order valence-electron chi connectivity index (χ1n) is 4.09. The van der Waals surface area contributed by atoms with Crippen molar-refractivity contribution in [3.05, 3.63) is 11.8 Å². The minimum atomic E-state index is -0.856. The molecule has 1 unspecified atom stereocenters. The third kappa shape index (κ3) is 1.24. The second-order valence-corrected chi connectivity index (χ2v) is 2.83. The van der Waals surface area contributed by atoms with Gasteiger partial charge in [-0.2, -0.15) is 10.2 Å². The number of carbonyl (C=O) groups is 1. The van der Waals surface area contributed by atoms with Crippen molar-refractivity contribution in [1.82, 2.24) is 0 Å². The molecule has 1 atom stereocenters. The van der Waals surface area contributed by atoms with E-state index in [1.165, 1.54) is 0 Å². The fourth-order valence-corrected chi connectivity index (χ4v) is 1.13. The van der Waals surface area contributed by atoms with E-state index >= 15 is 0 Å². The number of primary amides is 1. The molecule has 1 aliphatic heterocycles. The molecule has 12 heavy (non-hydrogen) atoms. The van der Waals surface area contributed by atoms with Gasteiger partial charge in [-0.05, 0) is 18.9 Å². The lowest BCUT2D eigenvalue weighted by molar-refractivity contribution is -0.121. The zero-order chi connectivity index (χ0) is 9.19. The molecule has 0 aromatic rings. The Hall–Kier alpha value is -1.19. The summed E-state index contributed by atoms with van der Waals surface area (Å²) in [5, 5.41) is 7.78. The molecule has 0 radical (unpaired) electrons. The Balaban J connectivity index is 2.94. The minimum absolute atomic E-state index is 0.419. The summed E-state index contributed by atoms with van der Waals surface area (Å²) in [5.41, 5.74) is 5.21. The van der Waals surface area contributed by atoms with Crippen LogP contribution in [-0.2, 0) is 4.79 Å². The molecule has 0 saturated heterocycles. The number of hydrogen-bond donors (Lipinski definition) is 1. The normalized spacial score (nSPS) is 27.3. The van der Waals surface area contributed by atoms with Crippen LogP contribution in [0.5, 0.6) is 0 Å². The van der Waals surface area contributed by atoms with E-state index in [0.29, 0.717) is 6.42 Å². The zero-order valence-corrected chi connectivity index (χ0v) is 7.37. The van der Waals surface area contributed by atoms with Crippen molar-refractivity contribution >= 4 is 5.91 Å². The minimum Gasteiger partial charge on any atom is -0.367 e. The van der Waals surface area contributed by atoms with Gasteiger partial charge in [0, 0.05) is 0 Å². The molecule has 0 aliphatic carbocycles. The van der Waals surface area contributed by atoms with Gasteiger partial charge in [-0.1, -0.05) is 13.8 Å². The average molecular weight is 167 g/mol. The Kier molecular flexibility index (Phi) is 2.26. The topological polar surface area (TPSA) is 67.8 Å². The van der Waals surface area contributed by atoms with Gasteiger partial charge >= 0.3 is 0 Å². The summed E-state index contributed by atoms with van der Waals surface area (Å²) in [6, 6.07) is 0. The number of allylic oxidation sites excluding steroid dienone is 1. The molecule has 1 amide bonds. The summed E-state index contributed by atoms with van der Waals surface area (Å²) in [7, 11) is 0. The van der Waals surface area contributed by atoms with Crippen LogP contribution in [0.25, 0.3) is 0 Å². The van der Waals surface area contributed by atoms with Crippen LogP contribution in [0.4, 0.5) is 0 Å². The molecule has 0 spiro atoms. The molecular weight excluding hydrogens is 154 g/mol. The Morgan fingerprint density at radius 3 is 2.58 bits per heavy atom. The molecule has 2 N–H and O–H groups in total. The van der Waals surface area contributed by atoms with Crippen molar-refractivity contribution in [2.24, 2.45) is 16.0 Å². The first kappa shape index (κ1) is 8.90. The van der Waals surface area contributed by atoms with E-state index in [2.05, 4.69) is 10.2 Å². The molecule has 1 heterocycles. The maximum absolute atomic E-state index is 11.0. The second kappa shape index (κ2) is 3.05. The molecule has 0 saturated carbocycles. The van der Waals surface area contributed by atoms with Crippen LogP contribution in [0.3, 0.4) is 0 Å². The maximum atomic E-state index is 11.0. The number of amides is 1. The quantitative estimate of drug-likeness (QED) is 0.677. The smallest absolute Gasteiger partial charge is 0.251 e. The zero-order valence-electron chi connectivity index (χ0n) is 7.37. The van der Waals surface area contributed by atoms with Crippen molar-refractivity contribution in [1.29, 1.82) is 0 Å². The fourth-order valence-electron chi connectivity index (χ4n) is 1.13. The van der Waals surface area contributed by atoms with Crippen LogP contribution in [0.2, 0.25) is 0 Å². The average Bonchev–Trinajstić information content (AvgIpc) is 2.48. The van der Waals surface area contributed by atoms with E-state index in [1.54, 1.807) is 6.08 Å². The molecule has 0 aromatic heterocycles. The van der Waals surface area contributed by atoms with E-state index in [0.717, 1.165) is 12.1 Å². The van der Waals surface area contributed by atoms with E-state index in [1.807, 2.05) is 13.8 Å². The largest absolute Gasteiger partial charge is 0.367 e. The Morgan fingerprint density at radius 1 is 1.67 bits per heavy atom. The van der Waals surface area contributed by atoms with E-state index in [9.17, 15) is 4.79 Å². The van der Waals surface area contributed by atoms with E-state index < -0.39 is 11.4 Å². The van der Waals surface area contributed by atoms with Gasteiger partial charge in [0.1, 0.15) is 0 Å². The molecule has 0 fully saturated rings. The fraction of sp³-hybridized carbons (Fsp3) is 0.625. The number of rotatable bonds is 3. The summed E-state index contributed by atoms with van der Waals surface area (Å²) < 4.78 is 0. The highest BCUT2D eigenvalue weighted by Crippen LogP contribution is 2.28. The van der Waals surface area contributed by atoms with Crippen LogP contribution in [0.15, 0.2) is 22.0 Å². The van der Waals surface area contributed by atoms with Crippen LogP contribution in [0.1, 0.15) is 26.7 Å². The highest BCUT2D eigenvalue weighted by molar-refractivity contribution is 5.87. The van der Waals surface area contributed by atoms with Crippen molar-refractivity contribution in [2.75, 3.05) is 0 Å². The SMILES string of the molecule is CCC1=CC(CC)(C(N)=O)N=N1. The molecule has 0 aromatic carbocycles. The Morgan fingerprint density at radius 2 is 2.33 bits per heavy atom. The molecule has 4 nitrogen and oxygen atoms in total. The summed E-state index contributed by atoms with van der Waals surface area (Å²) in [4.78, 5) is 11.0. The predicted octanol–water partition coefficient (Wildman–Crippen LogP) is 1.38. The van der Waals surface area contributed by atoms with E-state index in [4.69, 9.17) is 5.73 Å². The molecule has 0 bridgehead atoms. The molecule has 1 rings (SSSR count). The number of nitrogens with zero attached hydrogens (tertiary/aromatic N) is 2. The summed E-state index contributed by atoms with van der Waals surface area (Å²) in [5.74, 6) is -0.419. The lowest BCUT2D eigenvalue weighted by Crippen LogP contribution is -2.38. The first-order valence-corrected chi connectivity index (χ1v) is 4.09. The van der Waals surface area contributed by atoms with Crippen molar-refractivity contribution in [2.45, 2.75) is 32.2 Å². The van der Waals surface area contributed by atoms with Crippen LogP contribution >= 0.6 is 0 Å². The molecular formula is C8H13N3O. The van der Waals surface area contributed by atoms with Crippen molar-refractivity contribution < 1.29 is 4.79 Å². The Labute approximate surface area is 71.5 Å². The van der Waals surface area contributed by atoms with Gasteiger partial charge in [-0.25, -0.2) is 0 Å². The van der Waals surface area contributed by atoms with Gasteiger partial charge < -0.3 is 5.73 Å². The van der Waals surface area contributed by atoms with Crippen molar-refractivity contribution in [3.63, 3.8) is 0 Å². The van der Waals surface area contributed by atoms with Gasteiger partial charge in [0.2, 0.25) is 0 Å². The summed E-state index contributed by atoms with van der Waals surface area (Å²) in [6.07, 6.45) is 3.13. The summed E-state index contributed by atoms with van der Waals surface area (Å²) >= 11 is 0. The molecule has 1 aliphatic rings. The van der Waals surface area contributed by atoms with Gasteiger partial charge in [-0.15, -0.1) is 0 Å². The summed E-state index contributed by atoms with van der Waals surface area (Å²) in [6.45, 7) is 3.84. The number of hydrogen-bond acceptors (Lipinski definition) is 3. The third-order valence-electron chi connectivity index (χ3n) is 2.09. The van der Waals surface area contributed by atoms with Crippen LogP contribution in [0, 0.1) is 0 Å². The van der Waals surface area contributed by atoms with Crippen LogP contribution in [-0.4, -0.2) is 11.4 Å². The van der Waals surface area contributed by atoms with Gasteiger partial charge in [-0.3, -0.25) is 4.79 Å². The van der Waals surface area contributed by atoms with Gasteiger partial charge in [0.05, 0.1) is 5.70 Å². The number of azo groups is 1. The van der Waals surface area contributed by atoms with Crippen LogP contribution < -0.4 is 5.73 Å². The standard InChI is InChI=1S/C8H13N3O/c1-3-6-5-8(4-2,7(9)12)11-10-6/h5H,3-4H2,1-2H3,(H2,9,12). The van der Waals surface area contributed by atoms with E-state index in [-0.39, 0.29) is 0 Å². The number of nitrogens with two attached hydrogens (primary N) is 1. The second-order valence-electron chi connectivity index (χ2n) is 2.83.